The minimum Gasteiger partial charge on any atom is -0.382 e. The van der Waals surface area contributed by atoms with E-state index in [4.69, 9.17) is 0 Å². The van der Waals surface area contributed by atoms with Gasteiger partial charge >= 0.3 is 0 Å². The smallest absolute Gasteiger partial charge is 0.254 e. The van der Waals surface area contributed by atoms with Gasteiger partial charge in [0.1, 0.15) is 0 Å². The quantitative estimate of drug-likeness (QED) is 0.670. The van der Waals surface area contributed by atoms with Crippen molar-refractivity contribution in [2.75, 3.05) is 44.6 Å². The van der Waals surface area contributed by atoms with Gasteiger partial charge in [0.15, 0.2) is 0 Å². The number of nitrogens with zero attached hydrogens (tertiary/aromatic N) is 3. The lowest BCUT2D eigenvalue weighted by Gasteiger charge is -2.36. The lowest BCUT2D eigenvalue weighted by molar-refractivity contribution is -0.129. The molecule has 1 aliphatic carbocycles. The number of anilines is 1. The molecule has 0 radical (unpaired) electrons. The number of rotatable bonds is 6. The molecule has 6 heteroatoms. The molecule has 0 unspecified atom stereocenters. The zero-order chi connectivity index (χ0) is 24.7. The Hall–Kier alpha value is -2.86. The summed E-state index contributed by atoms with van der Waals surface area (Å²) in [6, 6.07) is 15.6. The maximum Gasteiger partial charge on any atom is 0.254 e. The van der Waals surface area contributed by atoms with E-state index in [0.717, 1.165) is 82.7 Å². The summed E-state index contributed by atoms with van der Waals surface area (Å²) in [5.41, 5.74) is 6.31. The third-order valence-corrected chi connectivity index (χ3v) is 8.88. The molecule has 1 N–H and O–H groups in total. The molecule has 0 aromatic heterocycles. The van der Waals surface area contributed by atoms with Gasteiger partial charge in [0, 0.05) is 75.4 Å². The number of likely N-dealkylation sites (tertiary alicyclic amines) is 1. The van der Waals surface area contributed by atoms with Crippen LogP contribution in [0.25, 0.3) is 0 Å². The Morgan fingerprint density at radius 1 is 1.03 bits per heavy atom. The first-order chi connectivity index (χ1) is 17.5. The molecule has 1 saturated carbocycles. The predicted octanol–water partition coefficient (Wildman–Crippen LogP) is 4.05. The van der Waals surface area contributed by atoms with Gasteiger partial charge in [-0.05, 0) is 67.3 Å². The van der Waals surface area contributed by atoms with Crippen LogP contribution < -0.4 is 5.32 Å². The maximum absolute atomic E-state index is 13.6. The van der Waals surface area contributed by atoms with Crippen molar-refractivity contribution in [2.24, 2.45) is 0 Å². The summed E-state index contributed by atoms with van der Waals surface area (Å²) in [6.45, 7) is 8.13. The number of nitrogens with one attached hydrogen (secondary N) is 1. The Labute approximate surface area is 214 Å². The van der Waals surface area contributed by atoms with Gasteiger partial charge in [-0.15, -0.1) is 0 Å². The third kappa shape index (κ3) is 4.63. The van der Waals surface area contributed by atoms with Crippen molar-refractivity contribution in [3.05, 3.63) is 64.7 Å². The number of fused-ring (bicyclic) bond motifs is 3. The van der Waals surface area contributed by atoms with Gasteiger partial charge in [-0.2, -0.15) is 0 Å². The van der Waals surface area contributed by atoms with E-state index in [-0.39, 0.29) is 17.2 Å². The van der Waals surface area contributed by atoms with Crippen molar-refractivity contribution in [1.29, 1.82) is 0 Å². The predicted molar refractivity (Wildman–Crippen MR) is 142 cm³/mol. The second kappa shape index (κ2) is 9.55. The highest BCUT2D eigenvalue weighted by Crippen LogP contribution is 2.52. The highest BCUT2D eigenvalue weighted by Gasteiger charge is 2.51. The molecule has 3 aliphatic heterocycles. The zero-order valence-electron chi connectivity index (χ0n) is 21.5. The Balaban J connectivity index is 1.08. The molecule has 0 atom stereocenters. The molecule has 2 fully saturated rings. The van der Waals surface area contributed by atoms with Crippen LogP contribution in [0.2, 0.25) is 0 Å². The van der Waals surface area contributed by atoms with Gasteiger partial charge in [0.2, 0.25) is 5.91 Å². The van der Waals surface area contributed by atoms with E-state index >= 15 is 0 Å². The largest absolute Gasteiger partial charge is 0.382 e. The van der Waals surface area contributed by atoms with Crippen LogP contribution in [0.3, 0.4) is 0 Å². The molecule has 2 aromatic rings. The fourth-order valence-electron chi connectivity index (χ4n) is 6.53. The van der Waals surface area contributed by atoms with E-state index in [2.05, 4.69) is 57.6 Å². The number of carbonyl (C=O) groups is 2. The Bertz CT molecular complexity index is 1150. The minimum absolute atomic E-state index is 0.160. The summed E-state index contributed by atoms with van der Waals surface area (Å²) < 4.78 is 0. The van der Waals surface area contributed by atoms with E-state index < -0.39 is 0 Å². The normalized spacial score (nSPS) is 21.3. The van der Waals surface area contributed by atoms with Gasteiger partial charge < -0.3 is 15.1 Å². The summed E-state index contributed by atoms with van der Waals surface area (Å²) in [6.07, 6.45) is 6.40. The van der Waals surface area contributed by atoms with Crippen molar-refractivity contribution < 1.29 is 9.59 Å². The highest BCUT2D eigenvalue weighted by atomic mass is 16.2. The summed E-state index contributed by atoms with van der Waals surface area (Å²) in [5, 5.41) is 3.65. The topological polar surface area (TPSA) is 55.9 Å². The lowest BCUT2D eigenvalue weighted by atomic mass is 9.86. The lowest BCUT2D eigenvalue weighted by Crippen LogP contribution is -2.45. The summed E-state index contributed by atoms with van der Waals surface area (Å²) in [4.78, 5) is 31.8. The van der Waals surface area contributed by atoms with Crippen molar-refractivity contribution in [3.63, 3.8) is 0 Å². The number of carbonyl (C=O) groups excluding carboxylic acids is 2. The maximum atomic E-state index is 13.6. The molecule has 36 heavy (non-hydrogen) atoms. The van der Waals surface area contributed by atoms with E-state index in [1.807, 2.05) is 4.90 Å². The van der Waals surface area contributed by atoms with Gasteiger partial charge in [-0.3, -0.25) is 14.5 Å². The summed E-state index contributed by atoms with van der Waals surface area (Å²) in [7, 11) is 0. The average Bonchev–Trinajstić information content (AvgIpc) is 3.67. The van der Waals surface area contributed by atoms with E-state index in [1.165, 1.54) is 29.5 Å². The fraction of sp³-hybridized carbons (Fsp3) is 0.533. The number of hydrogen-bond donors (Lipinski definition) is 1. The molecule has 3 heterocycles. The van der Waals surface area contributed by atoms with Crippen molar-refractivity contribution >= 4 is 17.5 Å². The van der Waals surface area contributed by atoms with Gasteiger partial charge in [0.25, 0.3) is 5.91 Å². The van der Waals surface area contributed by atoms with Crippen LogP contribution >= 0.6 is 0 Å². The zero-order valence-corrected chi connectivity index (χ0v) is 21.5. The Kier molecular flexibility index (Phi) is 6.24. The fourth-order valence-corrected chi connectivity index (χ4v) is 6.53. The van der Waals surface area contributed by atoms with E-state index in [9.17, 15) is 9.59 Å². The Morgan fingerprint density at radius 3 is 2.56 bits per heavy atom. The van der Waals surface area contributed by atoms with Crippen LogP contribution in [0.4, 0.5) is 5.69 Å². The molecule has 6 nitrogen and oxygen atoms in total. The molecule has 2 aromatic carbocycles. The van der Waals surface area contributed by atoms with Crippen LogP contribution in [-0.2, 0) is 23.2 Å². The number of amides is 2. The minimum atomic E-state index is 0.160. The van der Waals surface area contributed by atoms with Crippen LogP contribution in [0.5, 0.6) is 0 Å². The first-order valence-electron chi connectivity index (χ1n) is 13.8. The number of piperidine rings is 1. The van der Waals surface area contributed by atoms with E-state index in [0.29, 0.717) is 6.04 Å². The van der Waals surface area contributed by atoms with Crippen LogP contribution in [0.1, 0.15) is 66.1 Å². The number of benzene rings is 2. The van der Waals surface area contributed by atoms with Crippen molar-refractivity contribution in [3.8, 4) is 0 Å². The van der Waals surface area contributed by atoms with Crippen LogP contribution in [0.15, 0.2) is 42.5 Å². The van der Waals surface area contributed by atoms with Gasteiger partial charge in [-0.1, -0.05) is 30.3 Å². The molecular weight excluding hydrogens is 448 g/mol. The van der Waals surface area contributed by atoms with Crippen molar-refractivity contribution in [2.45, 2.75) is 63.5 Å². The SMILES string of the molecule is CC(=O)N1CCC(Nc2ccc3c(c2)C(=O)N(CCCN2CCc4ccccc4C2)CC32CC2)CC1. The summed E-state index contributed by atoms with van der Waals surface area (Å²) >= 11 is 0. The molecule has 190 valence electrons. The number of hydrogen-bond acceptors (Lipinski definition) is 4. The molecular formula is C30H38N4O2. The second-order valence-electron chi connectivity index (χ2n) is 11.3. The summed E-state index contributed by atoms with van der Waals surface area (Å²) in [5.74, 6) is 0.356. The van der Waals surface area contributed by atoms with E-state index in [1.54, 1.807) is 6.92 Å². The Morgan fingerprint density at radius 2 is 1.81 bits per heavy atom. The van der Waals surface area contributed by atoms with Gasteiger partial charge in [0.05, 0.1) is 0 Å². The van der Waals surface area contributed by atoms with Crippen LogP contribution in [0, 0.1) is 0 Å². The molecule has 0 bridgehead atoms. The molecule has 6 rings (SSSR count). The molecule has 1 spiro atoms. The molecule has 4 aliphatic rings. The monoisotopic (exact) mass is 486 g/mol. The van der Waals surface area contributed by atoms with Gasteiger partial charge in [-0.25, -0.2) is 0 Å². The van der Waals surface area contributed by atoms with Crippen LogP contribution in [-0.4, -0.2) is 71.8 Å². The second-order valence-corrected chi connectivity index (χ2v) is 11.3. The average molecular weight is 487 g/mol. The third-order valence-electron chi connectivity index (χ3n) is 8.88. The first-order valence-corrected chi connectivity index (χ1v) is 13.8. The standard InChI is InChI=1S/C30H38N4O2/c1-22(35)33-17-10-25(11-18-33)31-26-7-8-28-27(19-26)29(36)34(21-30(28)12-13-30)15-4-14-32-16-9-23-5-2-3-6-24(23)20-32/h2-3,5-8,19,25,31H,4,9-18,20-21H2,1H3. The van der Waals surface area contributed by atoms with Crippen molar-refractivity contribution in [1.82, 2.24) is 14.7 Å². The first kappa shape index (κ1) is 23.5. The molecule has 2 amide bonds. The molecule has 1 saturated heterocycles. The highest BCUT2D eigenvalue weighted by molar-refractivity contribution is 5.98.